The molecule has 0 saturated carbocycles. The van der Waals surface area contributed by atoms with Crippen LogP contribution in [-0.2, 0) is 11.0 Å². The second kappa shape index (κ2) is 4.44. The van der Waals surface area contributed by atoms with Crippen molar-refractivity contribution >= 4 is 17.2 Å². The van der Waals surface area contributed by atoms with E-state index in [1.54, 1.807) is 4.90 Å². The number of carbonyl (C=O) groups is 1. The van der Waals surface area contributed by atoms with Gasteiger partial charge in [-0.25, -0.2) is 0 Å². The van der Waals surface area contributed by atoms with E-state index >= 15 is 0 Å². The van der Waals surface area contributed by atoms with E-state index in [-0.39, 0.29) is 17.5 Å². The largest absolute Gasteiger partial charge is 0.423 e. The van der Waals surface area contributed by atoms with Gasteiger partial charge in [0.05, 0.1) is 11.0 Å². The summed E-state index contributed by atoms with van der Waals surface area (Å²) in [6.07, 6.45) is -3.08. The lowest BCUT2D eigenvalue weighted by Gasteiger charge is -2.24. The zero-order valence-electron chi connectivity index (χ0n) is 10.8. The molecule has 2 aliphatic heterocycles. The predicted octanol–water partition coefficient (Wildman–Crippen LogP) is 2.92. The van der Waals surface area contributed by atoms with Crippen LogP contribution in [0.3, 0.4) is 0 Å². The minimum absolute atomic E-state index is 0.0261. The fourth-order valence-electron chi connectivity index (χ4n) is 3.23. The lowest BCUT2D eigenvalue weighted by molar-refractivity contribution is -0.388. The highest BCUT2D eigenvalue weighted by Crippen LogP contribution is 2.43. The van der Waals surface area contributed by atoms with Crippen molar-refractivity contribution in [2.24, 2.45) is 0 Å². The zero-order chi connectivity index (χ0) is 15.4. The van der Waals surface area contributed by atoms with Crippen LogP contribution in [0, 0.1) is 10.1 Å². The van der Waals surface area contributed by atoms with Crippen LogP contribution in [0.1, 0.15) is 24.8 Å². The third kappa shape index (κ3) is 2.14. The molecule has 2 heterocycles. The molecule has 2 unspecified atom stereocenters. The number of fused-ring (bicyclic) bond motifs is 2. The van der Waals surface area contributed by atoms with E-state index in [0.29, 0.717) is 12.8 Å². The molecule has 0 N–H and O–H groups in total. The highest BCUT2D eigenvalue weighted by atomic mass is 19.4. The van der Waals surface area contributed by atoms with Crippen LogP contribution in [0.2, 0.25) is 0 Å². The molecular formula is C13H11F3N2O3. The monoisotopic (exact) mass is 300 g/mol. The molecule has 112 valence electrons. The molecule has 2 aliphatic rings. The van der Waals surface area contributed by atoms with Crippen molar-refractivity contribution in [3.8, 4) is 0 Å². The minimum Gasteiger partial charge on any atom is -0.358 e. The molecule has 2 saturated heterocycles. The summed E-state index contributed by atoms with van der Waals surface area (Å²) in [5, 5.41) is 10.7. The SMILES string of the molecule is O=C1CC2CCC1N2c1ccc([N+](=O)[O-])c(C(F)(F)F)c1. The van der Waals surface area contributed by atoms with Crippen LogP contribution >= 0.6 is 0 Å². The molecule has 1 aromatic carbocycles. The maximum atomic E-state index is 13.0. The lowest BCUT2D eigenvalue weighted by Crippen LogP contribution is -2.30. The number of nitro benzene ring substituents is 1. The third-order valence-electron chi connectivity index (χ3n) is 4.09. The van der Waals surface area contributed by atoms with Gasteiger partial charge in [0.1, 0.15) is 5.56 Å². The predicted molar refractivity (Wildman–Crippen MR) is 67.0 cm³/mol. The summed E-state index contributed by atoms with van der Waals surface area (Å²) in [5.41, 5.74) is -2.01. The number of alkyl halides is 3. The standard InChI is InChI=1S/C13H11F3N2O3/c14-13(15,16)9-5-7(1-3-10(9)18(20)21)17-8-2-4-11(17)12(19)6-8/h1,3,5,8,11H,2,4,6H2. The summed E-state index contributed by atoms with van der Waals surface area (Å²) in [7, 11) is 0. The van der Waals surface area contributed by atoms with Crippen molar-refractivity contribution < 1.29 is 22.9 Å². The first-order valence-corrected chi connectivity index (χ1v) is 6.45. The van der Waals surface area contributed by atoms with Gasteiger partial charge in [0.15, 0.2) is 5.78 Å². The molecule has 3 rings (SSSR count). The number of Topliss-reactive ketones (excluding diaryl/α,β-unsaturated/α-hetero) is 1. The van der Waals surface area contributed by atoms with Crippen molar-refractivity contribution in [3.05, 3.63) is 33.9 Å². The summed E-state index contributed by atoms with van der Waals surface area (Å²) < 4.78 is 38.9. The van der Waals surface area contributed by atoms with Crippen LogP contribution < -0.4 is 4.90 Å². The molecule has 2 atom stereocenters. The second-order valence-corrected chi connectivity index (χ2v) is 5.28. The van der Waals surface area contributed by atoms with Crippen LogP contribution in [0.4, 0.5) is 24.5 Å². The summed E-state index contributed by atoms with van der Waals surface area (Å²) in [5.74, 6) is 0.0261. The maximum absolute atomic E-state index is 13.0. The average molecular weight is 300 g/mol. The second-order valence-electron chi connectivity index (χ2n) is 5.28. The van der Waals surface area contributed by atoms with E-state index in [4.69, 9.17) is 0 Å². The number of carbonyl (C=O) groups excluding carboxylic acids is 1. The van der Waals surface area contributed by atoms with Gasteiger partial charge < -0.3 is 4.90 Å². The van der Waals surface area contributed by atoms with E-state index in [2.05, 4.69) is 0 Å². The Bertz CT molecular complexity index is 630. The number of nitrogens with zero attached hydrogens (tertiary/aromatic N) is 2. The Balaban J connectivity index is 2.06. The van der Waals surface area contributed by atoms with Gasteiger partial charge in [-0.15, -0.1) is 0 Å². The van der Waals surface area contributed by atoms with E-state index in [1.807, 2.05) is 0 Å². The molecule has 0 aliphatic carbocycles. The summed E-state index contributed by atoms with van der Waals surface area (Å²) in [6.45, 7) is 0. The van der Waals surface area contributed by atoms with Gasteiger partial charge in [0, 0.05) is 24.2 Å². The molecular weight excluding hydrogens is 289 g/mol. The number of ketones is 1. The lowest BCUT2D eigenvalue weighted by atomic mass is 10.00. The summed E-state index contributed by atoms with van der Waals surface area (Å²) >= 11 is 0. The van der Waals surface area contributed by atoms with Crippen LogP contribution in [0.5, 0.6) is 0 Å². The van der Waals surface area contributed by atoms with E-state index in [9.17, 15) is 28.1 Å². The molecule has 0 radical (unpaired) electrons. The first-order valence-electron chi connectivity index (χ1n) is 6.45. The Labute approximate surface area is 117 Å². The summed E-state index contributed by atoms with van der Waals surface area (Å²) in [4.78, 5) is 23.1. The molecule has 2 bridgehead atoms. The molecule has 8 heteroatoms. The van der Waals surface area contributed by atoms with Crippen LogP contribution in [0.25, 0.3) is 0 Å². The number of nitro groups is 1. The van der Waals surface area contributed by atoms with Crippen LogP contribution in [-0.4, -0.2) is 22.8 Å². The normalized spacial score (nSPS) is 24.7. The Hall–Kier alpha value is -2.12. The highest BCUT2D eigenvalue weighted by molar-refractivity contribution is 5.93. The van der Waals surface area contributed by atoms with Gasteiger partial charge in [-0.05, 0) is 25.0 Å². The number of benzene rings is 1. The minimum atomic E-state index is -4.80. The third-order valence-corrected chi connectivity index (χ3v) is 4.09. The molecule has 0 aromatic heterocycles. The Kier molecular flexibility index (Phi) is 2.93. The van der Waals surface area contributed by atoms with Crippen molar-refractivity contribution in [1.29, 1.82) is 0 Å². The number of halogens is 3. The molecule has 0 spiro atoms. The quantitative estimate of drug-likeness (QED) is 0.622. The molecule has 21 heavy (non-hydrogen) atoms. The molecule has 5 nitrogen and oxygen atoms in total. The smallest absolute Gasteiger partial charge is 0.358 e. The molecule has 1 aromatic rings. The summed E-state index contributed by atoms with van der Waals surface area (Å²) in [6, 6.07) is 2.45. The first kappa shape index (κ1) is 13.8. The van der Waals surface area contributed by atoms with E-state index in [1.165, 1.54) is 6.07 Å². The first-order chi connectivity index (χ1) is 9.79. The zero-order valence-corrected chi connectivity index (χ0v) is 10.8. The average Bonchev–Trinajstić information content (AvgIpc) is 2.93. The topological polar surface area (TPSA) is 63.5 Å². The number of hydrogen-bond donors (Lipinski definition) is 0. The van der Waals surface area contributed by atoms with Crippen molar-refractivity contribution in [2.75, 3.05) is 4.90 Å². The van der Waals surface area contributed by atoms with Crippen molar-refractivity contribution in [3.63, 3.8) is 0 Å². The number of hydrogen-bond acceptors (Lipinski definition) is 4. The van der Waals surface area contributed by atoms with Gasteiger partial charge in [0.25, 0.3) is 5.69 Å². The van der Waals surface area contributed by atoms with Crippen molar-refractivity contribution in [2.45, 2.75) is 37.5 Å². The molecule has 2 fully saturated rings. The van der Waals surface area contributed by atoms with Gasteiger partial charge in [-0.2, -0.15) is 13.2 Å². The Morgan fingerprint density at radius 2 is 2.00 bits per heavy atom. The maximum Gasteiger partial charge on any atom is 0.423 e. The highest BCUT2D eigenvalue weighted by Gasteiger charge is 2.46. The van der Waals surface area contributed by atoms with Gasteiger partial charge >= 0.3 is 6.18 Å². The number of anilines is 1. The van der Waals surface area contributed by atoms with E-state index in [0.717, 1.165) is 18.6 Å². The van der Waals surface area contributed by atoms with Gasteiger partial charge in [-0.3, -0.25) is 14.9 Å². The van der Waals surface area contributed by atoms with Crippen molar-refractivity contribution in [1.82, 2.24) is 0 Å². The van der Waals surface area contributed by atoms with Crippen LogP contribution in [0.15, 0.2) is 18.2 Å². The Morgan fingerprint density at radius 3 is 2.48 bits per heavy atom. The van der Waals surface area contributed by atoms with Gasteiger partial charge in [0.2, 0.25) is 0 Å². The number of rotatable bonds is 2. The van der Waals surface area contributed by atoms with Gasteiger partial charge in [-0.1, -0.05) is 0 Å². The Morgan fingerprint density at radius 1 is 1.29 bits per heavy atom. The molecule has 0 amide bonds. The fourth-order valence-corrected chi connectivity index (χ4v) is 3.23. The fraction of sp³-hybridized carbons (Fsp3) is 0.462. The van der Waals surface area contributed by atoms with E-state index < -0.39 is 28.4 Å².